The molecule has 0 saturated carbocycles. The van der Waals surface area contributed by atoms with Crippen molar-refractivity contribution >= 4 is 5.78 Å². The molecule has 23 heavy (non-hydrogen) atoms. The SMILES string of the molecule is CNC(Cn1cccc(C)c1=O)(C(C)=O)c1ccc(F)c(O)c1. The number of halogens is 1. The number of aromatic nitrogens is 1. The van der Waals surface area contributed by atoms with Crippen molar-refractivity contribution in [3.63, 3.8) is 0 Å². The van der Waals surface area contributed by atoms with Gasteiger partial charge >= 0.3 is 0 Å². The van der Waals surface area contributed by atoms with Crippen molar-refractivity contribution in [2.24, 2.45) is 0 Å². The Hall–Kier alpha value is -2.47. The second-order valence-electron chi connectivity index (χ2n) is 5.50. The van der Waals surface area contributed by atoms with Crippen LogP contribution in [0.3, 0.4) is 0 Å². The van der Waals surface area contributed by atoms with Crippen LogP contribution in [-0.4, -0.2) is 22.5 Å². The van der Waals surface area contributed by atoms with Gasteiger partial charge in [-0.05, 0) is 44.7 Å². The Morgan fingerprint density at radius 2 is 2.09 bits per heavy atom. The zero-order valence-corrected chi connectivity index (χ0v) is 13.3. The molecule has 2 N–H and O–H groups in total. The van der Waals surface area contributed by atoms with Gasteiger partial charge < -0.3 is 15.0 Å². The maximum absolute atomic E-state index is 13.3. The number of nitrogens with zero attached hydrogens (tertiary/aromatic N) is 1. The fourth-order valence-electron chi connectivity index (χ4n) is 2.62. The van der Waals surface area contributed by atoms with E-state index in [-0.39, 0.29) is 17.9 Å². The highest BCUT2D eigenvalue weighted by Crippen LogP contribution is 2.28. The van der Waals surface area contributed by atoms with Gasteiger partial charge in [0, 0.05) is 11.8 Å². The van der Waals surface area contributed by atoms with Crippen LogP contribution >= 0.6 is 0 Å². The zero-order chi connectivity index (χ0) is 17.2. The number of hydrogen-bond acceptors (Lipinski definition) is 4. The number of carbonyl (C=O) groups excluding carboxylic acids is 1. The Labute approximate surface area is 133 Å². The van der Waals surface area contributed by atoms with Gasteiger partial charge in [0.2, 0.25) is 0 Å². The number of carbonyl (C=O) groups is 1. The summed E-state index contributed by atoms with van der Waals surface area (Å²) in [5.74, 6) is -1.56. The average Bonchev–Trinajstić information content (AvgIpc) is 2.51. The number of aryl methyl sites for hydroxylation is 1. The standard InChI is InChI=1S/C17H19FN2O3/c1-11-5-4-8-20(16(11)23)10-17(19-3,12(2)21)13-6-7-14(18)15(22)9-13/h4-9,19,22H,10H2,1-3H3. The molecule has 0 aliphatic rings. The minimum absolute atomic E-state index is 0.0322. The molecule has 0 amide bonds. The van der Waals surface area contributed by atoms with Gasteiger partial charge in [-0.1, -0.05) is 12.1 Å². The average molecular weight is 318 g/mol. The Morgan fingerprint density at radius 1 is 1.39 bits per heavy atom. The van der Waals surface area contributed by atoms with Crippen LogP contribution in [0.2, 0.25) is 0 Å². The van der Waals surface area contributed by atoms with E-state index in [4.69, 9.17) is 0 Å². The van der Waals surface area contributed by atoms with Gasteiger partial charge in [0.15, 0.2) is 17.3 Å². The summed E-state index contributed by atoms with van der Waals surface area (Å²) in [6.07, 6.45) is 1.59. The van der Waals surface area contributed by atoms with Crippen molar-refractivity contribution in [1.82, 2.24) is 9.88 Å². The van der Waals surface area contributed by atoms with Crippen LogP contribution in [0.4, 0.5) is 4.39 Å². The van der Waals surface area contributed by atoms with Crippen molar-refractivity contribution in [2.75, 3.05) is 7.05 Å². The molecule has 2 rings (SSSR count). The minimum Gasteiger partial charge on any atom is -0.505 e. The summed E-state index contributed by atoms with van der Waals surface area (Å²) in [4.78, 5) is 24.6. The van der Waals surface area contributed by atoms with E-state index < -0.39 is 17.1 Å². The molecule has 0 spiro atoms. The van der Waals surface area contributed by atoms with E-state index in [1.54, 1.807) is 32.3 Å². The Bertz CT molecular complexity index is 801. The smallest absolute Gasteiger partial charge is 0.253 e. The minimum atomic E-state index is -1.25. The van der Waals surface area contributed by atoms with Crippen LogP contribution in [0.25, 0.3) is 0 Å². The molecule has 1 aromatic carbocycles. The number of Topliss-reactive ketones (excluding diaryl/α,β-unsaturated/α-hetero) is 1. The highest BCUT2D eigenvalue weighted by atomic mass is 19.1. The molecule has 2 aromatic rings. The topological polar surface area (TPSA) is 71.3 Å². The first-order valence-electron chi connectivity index (χ1n) is 7.17. The summed E-state index contributed by atoms with van der Waals surface area (Å²) in [7, 11) is 1.59. The zero-order valence-electron chi connectivity index (χ0n) is 13.3. The van der Waals surface area contributed by atoms with Crippen molar-refractivity contribution in [3.8, 4) is 5.75 Å². The van der Waals surface area contributed by atoms with Crippen LogP contribution in [0, 0.1) is 12.7 Å². The number of aromatic hydroxyl groups is 1. The molecule has 1 atom stereocenters. The lowest BCUT2D eigenvalue weighted by Gasteiger charge is -2.32. The molecule has 122 valence electrons. The quantitative estimate of drug-likeness (QED) is 0.880. The van der Waals surface area contributed by atoms with Crippen LogP contribution < -0.4 is 10.9 Å². The van der Waals surface area contributed by atoms with Crippen LogP contribution in [0.5, 0.6) is 5.75 Å². The highest BCUT2D eigenvalue weighted by molar-refractivity contribution is 5.87. The summed E-state index contributed by atoms with van der Waals surface area (Å²) in [6.45, 7) is 3.11. The maximum Gasteiger partial charge on any atom is 0.253 e. The normalized spacial score (nSPS) is 13.6. The molecular weight excluding hydrogens is 299 g/mol. The summed E-state index contributed by atoms with van der Waals surface area (Å²) < 4.78 is 14.7. The van der Waals surface area contributed by atoms with E-state index in [0.29, 0.717) is 11.1 Å². The fourth-order valence-corrected chi connectivity index (χ4v) is 2.62. The van der Waals surface area contributed by atoms with Crippen molar-refractivity contribution < 1.29 is 14.3 Å². The number of phenols is 1. The molecule has 0 saturated heterocycles. The predicted molar refractivity (Wildman–Crippen MR) is 84.9 cm³/mol. The molecule has 0 aliphatic heterocycles. The number of rotatable bonds is 5. The number of pyridine rings is 1. The lowest BCUT2D eigenvalue weighted by Crippen LogP contribution is -2.51. The molecule has 1 heterocycles. The highest BCUT2D eigenvalue weighted by Gasteiger charge is 2.37. The van der Waals surface area contributed by atoms with Gasteiger partial charge in [0.1, 0.15) is 5.54 Å². The summed E-state index contributed by atoms with van der Waals surface area (Å²) >= 11 is 0. The predicted octanol–water partition coefficient (Wildman–Crippen LogP) is 1.71. The summed E-state index contributed by atoms with van der Waals surface area (Å²) in [5, 5.41) is 12.6. The van der Waals surface area contributed by atoms with E-state index in [1.807, 2.05) is 0 Å². The molecule has 5 nitrogen and oxygen atoms in total. The lowest BCUT2D eigenvalue weighted by molar-refractivity contribution is -0.124. The first-order chi connectivity index (χ1) is 10.8. The number of hydrogen-bond donors (Lipinski definition) is 2. The first kappa shape index (κ1) is 16.9. The van der Waals surface area contributed by atoms with Gasteiger partial charge in [-0.25, -0.2) is 4.39 Å². The second kappa shape index (κ2) is 6.34. The number of phenolic OH excluding ortho intramolecular Hbond substituents is 1. The van der Waals surface area contributed by atoms with Crippen molar-refractivity contribution in [2.45, 2.75) is 25.9 Å². The Balaban J connectivity index is 2.60. The molecule has 1 unspecified atom stereocenters. The monoisotopic (exact) mass is 318 g/mol. The fraction of sp³-hybridized carbons (Fsp3) is 0.294. The van der Waals surface area contributed by atoms with Gasteiger partial charge in [0.25, 0.3) is 5.56 Å². The molecule has 0 fully saturated rings. The van der Waals surface area contributed by atoms with Gasteiger partial charge in [0.05, 0.1) is 6.54 Å². The third kappa shape index (κ3) is 3.03. The van der Waals surface area contributed by atoms with Gasteiger partial charge in [-0.3, -0.25) is 9.59 Å². The molecule has 0 bridgehead atoms. The Morgan fingerprint density at radius 3 is 2.65 bits per heavy atom. The number of benzene rings is 1. The second-order valence-corrected chi connectivity index (χ2v) is 5.50. The molecule has 0 radical (unpaired) electrons. The number of ketones is 1. The van der Waals surface area contributed by atoms with Gasteiger partial charge in [-0.2, -0.15) is 0 Å². The molecule has 0 aliphatic carbocycles. The maximum atomic E-state index is 13.3. The first-order valence-corrected chi connectivity index (χ1v) is 7.17. The number of likely N-dealkylation sites (N-methyl/N-ethyl adjacent to an activating group) is 1. The van der Waals surface area contributed by atoms with Gasteiger partial charge in [-0.15, -0.1) is 0 Å². The molecule has 6 heteroatoms. The van der Waals surface area contributed by atoms with Crippen molar-refractivity contribution in [3.05, 3.63) is 63.8 Å². The molecular formula is C17H19FN2O3. The van der Waals surface area contributed by atoms with E-state index in [1.165, 1.54) is 23.6 Å². The summed E-state index contributed by atoms with van der Waals surface area (Å²) in [5.41, 5.74) is -0.509. The van der Waals surface area contributed by atoms with E-state index in [0.717, 1.165) is 6.07 Å². The van der Waals surface area contributed by atoms with Crippen LogP contribution in [-0.2, 0) is 16.9 Å². The van der Waals surface area contributed by atoms with E-state index in [2.05, 4.69) is 5.32 Å². The Kier molecular flexibility index (Phi) is 4.65. The number of nitrogens with one attached hydrogen (secondary N) is 1. The molecule has 1 aromatic heterocycles. The third-order valence-electron chi connectivity index (χ3n) is 4.08. The third-order valence-corrected chi connectivity index (χ3v) is 4.08. The van der Waals surface area contributed by atoms with E-state index >= 15 is 0 Å². The lowest BCUT2D eigenvalue weighted by atomic mass is 9.85. The summed E-state index contributed by atoms with van der Waals surface area (Å²) in [6, 6.07) is 7.14. The largest absolute Gasteiger partial charge is 0.505 e. The van der Waals surface area contributed by atoms with E-state index in [9.17, 15) is 19.1 Å². The van der Waals surface area contributed by atoms with Crippen LogP contribution in [0.1, 0.15) is 18.1 Å². The van der Waals surface area contributed by atoms with Crippen LogP contribution in [0.15, 0.2) is 41.3 Å². The van der Waals surface area contributed by atoms with Crippen molar-refractivity contribution in [1.29, 1.82) is 0 Å².